The van der Waals surface area contributed by atoms with Gasteiger partial charge in [-0.25, -0.2) is 9.07 Å². The van der Waals surface area contributed by atoms with Gasteiger partial charge in [-0.3, -0.25) is 14.5 Å². The van der Waals surface area contributed by atoms with Crippen molar-refractivity contribution in [2.24, 2.45) is 0 Å². The summed E-state index contributed by atoms with van der Waals surface area (Å²) >= 11 is 0. The highest BCUT2D eigenvalue weighted by Gasteiger charge is 2.32. The minimum absolute atomic E-state index is 0.101. The van der Waals surface area contributed by atoms with Crippen molar-refractivity contribution in [3.63, 3.8) is 0 Å². The number of hydrogen-bond acceptors (Lipinski definition) is 3. The summed E-state index contributed by atoms with van der Waals surface area (Å²) < 4.78 is 14.9. The molecule has 0 aliphatic carbocycles. The Morgan fingerprint density at radius 3 is 2.96 bits per heavy atom. The lowest BCUT2D eigenvalue weighted by atomic mass is 10.1. The average molecular weight is 330 g/mol. The molecule has 0 bridgehead atoms. The van der Waals surface area contributed by atoms with E-state index in [0.29, 0.717) is 24.3 Å². The van der Waals surface area contributed by atoms with E-state index in [0.717, 1.165) is 5.69 Å². The highest BCUT2D eigenvalue weighted by molar-refractivity contribution is 6.00. The van der Waals surface area contributed by atoms with Crippen LogP contribution < -0.4 is 10.2 Å². The molecule has 24 heavy (non-hydrogen) atoms. The van der Waals surface area contributed by atoms with E-state index in [4.69, 9.17) is 0 Å². The number of hydrogen-bond donors (Lipinski definition) is 1. The van der Waals surface area contributed by atoms with Gasteiger partial charge in [0.05, 0.1) is 12.2 Å². The smallest absolute Gasteiger partial charge is 0.243 e. The number of carbonyl (C=O) groups excluding carboxylic acids is 2. The summed E-state index contributed by atoms with van der Waals surface area (Å²) in [6.07, 6.45) is 0.315. The molecule has 2 aromatic rings. The van der Waals surface area contributed by atoms with Crippen LogP contribution in [0, 0.1) is 12.7 Å². The second-order valence-corrected chi connectivity index (χ2v) is 5.90. The van der Waals surface area contributed by atoms with Crippen molar-refractivity contribution in [3.05, 3.63) is 47.4 Å². The lowest BCUT2D eigenvalue weighted by Crippen LogP contribution is -2.50. The second kappa shape index (κ2) is 6.43. The Labute approximate surface area is 139 Å². The summed E-state index contributed by atoms with van der Waals surface area (Å²) in [5.74, 6) is -0.103. The van der Waals surface area contributed by atoms with Crippen LogP contribution in [0.4, 0.5) is 10.2 Å². The highest BCUT2D eigenvalue weighted by Crippen LogP contribution is 2.24. The zero-order valence-electron chi connectivity index (χ0n) is 13.6. The van der Waals surface area contributed by atoms with Crippen molar-refractivity contribution < 1.29 is 14.0 Å². The molecule has 1 aliphatic rings. The molecule has 1 aromatic carbocycles. The molecule has 1 N–H and O–H groups in total. The highest BCUT2D eigenvalue weighted by atomic mass is 19.1. The van der Waals surface area contributed by atoms with Crippen molar-refractivity contribution in [2.45, 2.75) is 39.4 Å². The maximum atomic E-state index is 13.2. The first-order valence-corrected chi connectivity index (χ1v) is 7.84. The predicted molar refractivity (Wildman–Crippen MR) is 86.8 cm³/mol. The lowest BCUT2D eigenvalue weighted by molar-refractivity contribution is -0.126. The van der Waals surface area contributed by atoms with Crippen molar-refractivity contribution in [1.82, 2.24) is 15.1 Å². The average Bonchev–Trinajstić information content (AvgIpc) is 2.92. The molecule has 6 nitrogen and oxygen atoms in total. The van der Waals surface area contributed by atoms with E-state index in [1.807, 2.05) is 6.92 Å². The molecule has 0 saturated carbocycles. The fourth-order valence-electron chi connectivity index (χ4n) is 2.86. The third-order valence-electron chi connectivity index (χ3n) is 4.06. The van der Waals surface area contributed by atoms with E-state index in [2.05, 4.69) is 10.4 Å². The third-order valence-corrected chi connectivity index (χ3v) is 4.06. The van der Waals surface area contributed by atoms with Gasteiger partial charge < -0.3 is 5.32 Å². The number of aryl methyl sites for hydroxylation is 2. The molecular weight excluding hydrogens is 311 g/mol. The standard InChI is InChI=1S/C17H19FN4O2/c1-11-8-15-21(20-11)7-6-16(23)22(15)12(2)17(24)19-10-13-4-3-5-14(18)9-13/h3-5,8-9,12H,6-7,10H2,1-2H3,(H,19,24). The zero-order chi connectivity index (χ0) is 17.3. The minimum Gasteiger partial charge on any atom is -0.350 e. The Balaban J connectivity index is 1.72. The number of rotatable bonds is 4. The summed E-state index contributed by atoms with van der Waals surface area (Å²) in [4.78, 5) is 26.2. The number of fused-ring (bicyclic) bond motifs is 1. The van der Waals surface area contributed by atoms with Crippen LogP contribution >= 0.6 is 0 Å². The first kappa shape index (κ1) is 16.2. The van der Waals surface area contributed by atoms with E-state index < -0.39 is 6.04 Å². The van der Waals surface area contributed by atoms with Crippen LogP contribution in [0.2, 0.25) is 0 Å². The van der Waals surface area contributed by atoms with Crippen molar-refractivity contribution in [3.8, 4) is 0 Å². The maximum absolute atomic E-state index is 13.2. The Morgan fingerprint density at radius 2 is 2.21 bits per heavy atom. The van der Waals surface area contributed by atoms with E-state index in [1.54, 1.807) is 29.8 Å². The number of carbonyl (C=O) groups is 2. The first-order chi connectivity index (χ1) is 11.5. The maximum Gasteiger partial charge on any atom is 0.243 e. The molecule has 0 radical (unpaired) electrons. The third kappa shape index (κ3) is 3.15. The largest absolute Gasteiger partial charge is 0.350 e. The van der Waals surface area contributed by atoms with Crippen LogP contribution in [0.25, 0.3) is 0 Å². The molecule has 1 aliphatic heterocycles. The van der Waals surface area contributed by atoms with Gasteiger partial charge >= 0.3 is 0 Å². The summed E-state index contributed by atoms with van der Waals surface area (Å²) in [5.41, 5.74) is 1.47. The van der Waals surface area contributed by atoms with E-state index in [9.17, 15) is 14.0 Å². The Morgan fingerprint density at radius 1 is 1.42 bits per heavy atom. The molecule has 2 heterocycles. The van der Waals surface area contributed by atoms with Gasteiger partial charge in [-0.1, -0.05) is 12.1 Å². The molecule has 2 amide bonds. The summed E-state index contributed by atoms with van der Waals surface area (Å²) in [6, 6.07) is 7.18. The molecule has 126 valence electrons. The van der Waals surface area contributed by atoms with Crippen LogP contribution in [-0.2, 0) is 22.7 Å². The second-order valence-electron chi connectivity index (χ2n) is 5.90. The molecule has 1 unspecified atom stereocenters. The number of anilines is 1. The molecule has 1 atom stereocenters. The van der Waals surface area contributed by atoms with Crippen LogP contribution in [0.1, 0.15) is 24.6 Å². The normalized spacial score (nSPS) is 15.1. The summed E-state index contributed by atoms with van der Waals surface area (Å²) in [7, 11) is 0. The number of halogens is 1. The van der Waals surface area contributed by atoms with Gasteiger partial charge in [0.25, 0.3) is 0 Å². The molecular formula is C17H19FN4O2. The Hall–Kier alpha value is -2.70. The van der Waals surface area contributed by atoms with E-state index in [1.165, 1.54) is 17.0 Å². The topological polar surface area (TPSA) is 67.2 Å². The van der Waals surface area contributed by atoms with Gasteiger partial charge in [0, 0.05) is 19.0 Å². The van der Waals surface area contributed by atoms with Crippen molar-refractivity contribution >= 4 is 17.6 Å². The number of aromatic nitrogens is 2. The monoisotopic (exact) mass is 330 g/mol. The van der Waals surface area contributed by atoms with Crippen LogP contribution in [0.5, 0.6) is 0 Å². The van der Waals surface area contributed by atoms with Gasteiger partial charge in [-0.15, -0.1) is 0 Å². The van der Waals surface area contributed by atoms with Gasteiger partial charge in [0.2, 0.25) is 11.8 Å². The Kier molecular flexibility index (Phi) is 4.33. The van der Waals surface area contributed by atoms with Gasteiger partial charge in [0.1, 0.15) is 17.7 Å². The number of nitrogens with zero attached hydrogens (tertiary/aromatic N) is 3. The molecule has 3 rings (SSSR count). The van der Waals surface area contributed by atoms with Crippen molar-refractivity contribution in [2.75, 3.05) is 4.90 Å². The van der Waals surface area contributed by atoms with Crippen LogP contribution in [-0.4, -0.2) is 27.6 Å². The number of benzene rings is 1. The first-order valence-electron chi connectivity index (χ1n) is 7.84. The van der Waals surface area contributed by atoms with Gasteiger partial charge in [-0.05, 0) is 31.5 Å². The van der Waals surface area contributed by atoms with Crippen LogP contribution in [0.15, 0.2) is 30.3 Å². The zero-order valence-corrected chi connectivity index (χ0v) is 13.6. The molecule has 7 heteroatoms. The Bertz CT molecular complexity index is 787. The fourth-order valence-corrected chi connectivity index (χ4v) is 2.86. The summed E-state index contributed by atoms with van der Waals surface area (Å²) in [5, 5.41) is 7.08. The molecule has 0 spiro atoms. The van der Waals surface area contributed by atoms with E-state index >= 15 is 0 Å². The minimum atomic E-state index is -0.666. The lowest BCUT2D eigenvalue weighted by Gasteiger charge is -2.31. The summed E-state index contributed by atoms with van der Waals surface area (Å²) in [6.45, 7) is 4.26. The van der Waals surface area contributed by atoms with Crippen LogP contribution in [0.3, 0.4) is 0 Å². The number of nitrogens with one attached hydrogen (secondary N) is 1. The molecule has 0 fully saturated rings. The molecule has 0 saturated heterocycles. The quantitative estimate of drug-likeness (QED) is 0.929. The van der Waals surface area contributed by atoms with E-state index in [-0.39, 0.29) is 24.2 Å². The van der Waals surface area contributed by atoms with Crippen molar-refractivity contribution in [1.29, 1.82) is 0 Å². The number of amides is 2. The van der Waals surface area contributed by atoms with Gasteiger partial charge in [-0.2, -0.15) is 5.10 Å². The fraction of sp³-hybridized carbons (Fsp3) is 0.353. The van der Waals surface area contributed by atoms with Gasteiger partial charge in [0.15, 0.2) is 0 Å². The molecule has 1 aromatic heterocycles. The predicted octanol–water partition coefficient (Wildman–Crippen LogP) is 1.77. The SMILES string of the molecule is Cc1cc2n(n1)CCC(=O)N2C(C)C(=O)NCc1cccc(F)c1.